The lowest BCUT2D eigenvalue weighted by Gasteiger charge is -2.11. The lowest BCUT2D eigenvalue weighted by Crippen LogP contribution is -2.38. The highest BCUT2D eigenvalue weighted by Crippen LogP contribution is 2.01. The first kappa shape index (κ1) is 17.2. The molecule has 0 spiro atoms. The molecule has 0 unspecified atom stereocenters. The summed E-state index contributed by atoms with van der Waals surface area (Å²) in [5.41, 5.74) is 0. The number of rotatable bonds is 10. The Labute approximate surface area is 113 Å². The summed E-state index contributed by atoms with van der Waals surface area (Å²) in [7, 11) is 0. The maximum atomic E-state index is 5.29. The molecule has 0 atom stereocenters. The van der Waals surface area contributed by atoms with Crippen molar-refractivity contribution >= 4 is 5.96 Å². The number of nitrogens with one attached hydrogen (secondary N) is 2. The molecule has 0 aliphatic carbocycles. The summed E-state index contributed by atoms with van der Waals surface area (Å²) in [4.78, 5) is 4.52. The van der Waals surface area contributed by atoms with Crippen molar-refractivity contribution in [2.75, 3.05) is 32.8 Å². The van der Waals surface area contributed by atoms with Gasteiger partial charge in [0.15, 0.2) is 5.96 Å². The second-order valence-corrected chi connectivity index (χ2v) is 4.77. The summed E-state index contributed by atoms with van der Waals surface area (Å²) in [6, 6.07) is 0. The van der Waals surface area contributed by atoms with Crippen LogP contribution in [0.2, 0.25) is 0 Å². The van der Waals surface area contributed by atoms with Crippen LogP contribution in [0.5, 0.6) is 0 Å². The van der Waals surface area contributed by atoms with Crippen molar-refractivity contribution in [1.82, 2.24) is 10.6 Å². The topological polar surface area (TPSA) is 45.7 Å². The van der Waals surface area contributed by atoms with Crippen LogP contribution in [0.15, 0.2) is 4.99 Å². The molecule has 0 saturated carbocycles. The molecule has 0 rings (SSSR count). The standard InChI is InChI=1S/C14H31N3O/c1-5-15-14(16-10-7-9-13(3)4)17-11-8-12-18-6-2/h13H,5-12H2,1-4H3,(H2,15,16,17). The van der Waals surface area contributed by atoms with E-state index in [1.165, 1.54) is 12.8 Å². The number of hydrogen-bond donors (Lipinski definition) is 2. The van der Waals surface area contributed by atoms with Crippen LogP contribution in [0.1, 0.15) is 47.0 Å². The average Bonchev–Trinajstić information content (AvgIpc) is 2.33. The maximum Gasteiger partial charge on any atom is 0.191 e. The first-order valence-electron chi connectivity index (χ1n) is 7.30. The van der Waals surface area contributed by atoms with Crippen molar-refractivity contribution in [3.63, 3.8) is 0 Å². The second-order valence-electron chi connectivity index (χ2n) is 4.77. The van der Waals surface area contributed by atoms with Crippen molar-refractivity contribution in [3.8, 4) is 0 Å². The van der Waals surface area contributed by atoms with Crippen molar-refractivity contribution < 1.29 is 4.74 Å². The van der Waals surface area contributed by atoms with E-state index in [-0.39, 0.29) is 0 Å². The molecule has 0 bridgehead atoms. The molecule has 0 fully saturated rings. The minimum Gasteiger partial charge on any atom is -0.382 e. The van der Waals surface area contributed by atoms with E-state index in [1.54, 1.807) is 0 Å². The molecule has 0 heterocycles. The molecular weight excluding hydrogens is 226 g/mol. The monoisotopic (exact) mass is 257 g/mol. The van der Waals surface area contributed by atoms with Crippen LogP contribution in [0.4, 0.5) is 0 Å². The molecule has 0 amide bonds. The summed E-state index contributed by atoms with van der Waals surface area (Å²) >= 11 is 0. The van der Waals surface area contributed by atoms with Crippen molar-refractivity contribution in [3.05, 3.63) is 0 Å². The Morgan fingerprint density at radius 1 is 1.17 bits per heavy atom. The lowest BCUT2D eigenvalue weighted by molar-refractivity contribution is 0.146. The van der Waals surface area contributed by atoms with Gasteiger partial charge in [0, 0.05) is 32.8 Å². The van der Waals surface area contributed by atoms with Crippen LogP contribution < -0.4 is 10.6 Å². The van der Waals surface area contributed by atoms with Gasteiger partial charge >= 0.3 is 0 Å². The molecule has 0 radical (unpaired) electrons. The Kier molecular flexibility index (Phi) is 12.1. The van der Waals surface area contributed by atoms with Crippen molar-refractivity contribution in [2.24, 2.45) is 10.9 Å². The van der Waals surface area contributed by atoms with Gasteiger partial charge in [-0.3, -0.25) is 4.99 Å². The molecule has 4 heteroatoms. The third kappa shape index (κ3) is 11.7. The molecule has 0 aliphatic rings. The van der Waals surface area contributed by atoms with Crippen LogP contribution in [0.3, 0.4) is 0 Å². The summed E-state index contributed by atoms with van der Waals surface area (Å²) in [6.07, 6.45) is 3.44. The Bertz CT molecular complexity index is 205. The number of aliphatic imine (C=N–C) groups is 1. The Balaban J connectivity index is 3.71. The van der Waals surface area contributed by atoms with Crippen LogP contribution in [-0.4, -0.2) is 38.8 Å². The smallest absolute Gasteiger partial charge is 0.191 e. The van der Waals surface area contributed by atoms with Crippen LogP contribution in [0, 0.1) is 5.92 Å². The third-order valence-electron chi connectivity index (χ3n) is 2.52. The van der Waals surface area contributed by atoms with Gasteiger partial charge in [0.05, 0.1) is 0 Å². The number of nitrogens with zero attached hydrogens (tertiary/aromatic N) is 1. The first-order valence-corrected chi connectivity index (χ1v) is 7.30. The maximum absolute atomic E-state index is 5.29. The minimum absolute atomic E-state index is 0.775. The number of hydrogen-bond acceptors (Lipinski definition) is 2. The van der Waals surface area contributed by atoms with Gasteiger partial charge in [-0.1, -0.05) is 13.8 Å². The van der Waals surface area contributed by atoms with E-state index < -0.39 is 0 Å². The van der Waals surface area contributed by atoms with Gasteiger partial charge in [-0.2, -0.15) is 0 Å². The highest BCUT2D eigenvalue weighted by Gasteiger charge is 1.97. The summed E-state index contributed by atoms with van der Waals surface area (Å²) in [5.74, 6) is 1.70. The van der Waals surface area contributed by atoms with Crippen LogP contribution in [-0.2, 0) is 4.74 Å². The SMILES string of the molecule is CCNC(=NCCCOCC)NCCCC(C)C. The van der Waals surface area contributed by atoms with E-state index in [2.05, 4.69) is 36.4 Å². The van der Waals surface area contributed by atoms with Crippen LogP contribution in [0.25, 0.3) is 0 Å². The summed E-state index contributed by atoms with van der Waals surface area (Å²) in [6.45, 7) is 12.9. The minimum atomic E-state index is 0.775. The van der Waals surface area contributed by atoms with Gasteiger partial charge in [-0.15, -0.1) is 0 Å². The molecule has 0 aromatic rings. The van der Waals surface area contributed by atoms with E-state index in [0.717, 1.165) is 51.1 Å². The molecule has 0 aromatic heterocycles. The third-order valence-corrected chi connectivity index (χ3v) is 2.52. The zero-order valence-electron chi connectivity index (χ0n) is 12.6. The zero-order valence-corrected chi connectivity index (χ0v) is 12.6. The Hall–Kier alpha value is -0.770. The molecule has 2 N–H and O–H groups in total. The molecule has 0 aromatic carbocycles. The van der Waals surface area contributed by atoms with E-state index >= 15 is 0 Å². The van der Waals surface area contributed by atoms with E-state index in [4.69, 9.17) is 4.74 Å². The molecule has 18 heavy (non-hydrogen) atoms. The second kappa shape index (κ2) is 12.7. The van der Waals surface area contributed by atoms with Gasteiger partial charge in [0.25, 0.3) is 0 Å². The quantitative estimate of drug-likeness (QED) is 0.359. The van der Waals surface area contributed by atoms with Gasteiger partial charge in [-0.25, -0.2) is 0 Å². The molecule has 0 saturated heterocycles. The fraction of sp³-hybridized carbons (Fsp3) is 0.929. The number of guanidine groups is 1. The molecule has 108 valence electrons. The number of ether oxygens (including phenoxy) is 1. The van der Waals surface area contributed by atoms with Crippen molar-refractivity contribution in [2.45, 2.75) is 47.0 Å². The van der Waals surface area contributed by atoms with Gasteiger partial charge in [-0.05, 0) is 39.0 Å². The fourth-order valence-corrected chi connectivity index (χ4v) is 1.56. The largest absolute Gasteiger partial charge is 0.382 e. The fourth-order valence-electron chi connectivity index (χ4n) is 1.56. The molecule has 4 nitrogen and oxygen atoms in total. The highest BCUT2D eigenvalue weighted by atomic mass is 16.5. The van der Waals surface area contributed by atoms with Gasteiger partial charge in [0.2, 0.25) is 0 Å². The van der Waals surface area contributed by atoms with E-state index in [0.29, 0.717) is 0 Å². The van der Waals surface area contributed by atoms with Gasteiger partial charge < -0.3 is 15.4 Å². The van der Waals surface area contributed by atoms with Crippen LogP contribution >= 0.6 is 0 Å². The highest BCUT2D eigenvalue weighted by molar-refractivity contribution is 5.79. The predicted molar refractivity (Wildman–Crippen MR) is 79.2 cm³/mol. The zero-order chi connectivity index (χ0) is 13.6. The van der Waals surface area contributed by atoms with Gasteiger partial charge in [0.1, 0.15) is 0 Å². The lowest BCUT2D eigenvalue weighted by atomic mass is 10.1. The molecular formula is C14H31N3O. The Morgan fingerprint density at radius 2 is 1.94 bits per heavy atom. The first-order chi connectivity index (χ1) is 8.70. The Morgan fingerprint density at radius 3 is 2.56 bits per heavy atom. The molecule has 0 aliphatic heterocycles. The average molecular weight is 257 g/mol. The summed E-state index contributed by atoms with van der Waals surface area (Å²) in [5, 5.41) is 6.62. The van der Waals surface area contributed by atoms with E-state index in [1.807, 2.05) is 6.92 Å². The van der Waals surface area contributed by atoms with E-state index in [9.17, 15) is 0 Å². The normalized spacial score (nSPS) is 11.9. The predicted octanol–water partition coefficient (Wildman–Crippen LogP) is 2.40. The summed E-state index contributed by atoms with van der Waals surface area (Å²) < 4.78 is 5.29. The van der Waals surface area contributed by atoms with Crippen molar-refractivity contribution in [1.29, 1.82) is 0 Å².